The Balaban J connectivity index is 2.01. The fraction of sp³-hybridized carbons (Fsp3) is 0.778. The van der Waals surface area contributed by atoms with Gasteiger partial charge in [-0.15, -0.1) is 16.7 Å². The minimum Gasteiger partial charge on any atom is -0.408 e. The molecule has 1 aliphatic heterocycles. The summed E-state index contributed by atoms with van der Waals surface area (Å²) in [6.45, 7) is 1.43. The first-order chi connectivity index (χ1) is 7.29. The van der Waals surface area contributed by atoms with Crippen LogP contribution in [-0.4, -0.2) is 40.4 Å². The lowest BCUT2D eigenvalue weighted by atomic mass is 10.1. The van der Waals surface area contributed by atoms with Gasteiger partial charge in [-0.25, -0.2) is 0 Å². The molecule has 1 fully saturated rings. The molecule has 1 N–H and O–H groups in total. The van der Waals surface area contributed by atoms with Crippen molar-refractivity contribution < 1.29 is 9.52 Å². The number of β-amino-alcohol motifs (C(OH)–C–C–N with tert-alkyl or cyclic N) is 1. The molecule has 2 heterocycles. The summed E-state index contributed by atoms with van der Waals surface area (Å²) in [5, 5.41) is 17.3. The van der Waals surface area contributed by atoms with Gasteiger partial charge >= 0.3 is 6.01 Å². The molecule has 0 aliphatic carbocycles. The Morgan fingerprint density at radius 2 is 2.40 bits per heavy atom. The van der Waals surface area contributed by atoms with Gasteiger partial charge in [-0.1, -0.05) is 5.10 Å². The highest BCUT2D eigenvalue weighted by atomic mass is 35.5. The van der Waals surface area contributed by atoms with Crippen LogP contribution in [0.1, 0.15) is 18.7 Å². The summed E-state index contributed by atoms with van der Waals surface area (Å²) < 4.78 is 5.42. The highest BCUT2D eigenvalue weighted by molar-refractivity contribution is 6.17. The molecule has 15 heavy (non-hydrogen) atoms. The number of rotatable bonds is 3. The van der Waals surface area contributed by atoms with E-state index < -0.39 is 0 Å². The number of hydrogen-bond acceptors (Lipinski definition) is 5. The lowest BCUT2D eigenvalue weighted by molar-refractivity contribution is 0.151. The second-order valence-electron chi connectivity index (χ2n) is 3.66. The Morgan fingerprint density at radius 3 is 3.13 bits per heavy atom. The zero-order chi connectivity index (χ0) is 10.7. The Hall–Kier alpha value is -0.810. The minimum absolute atomic E-state index is 0.290. The molecular weight excluding hydrogens is 218 g/mol. The summed E-state index contributed by atoms with van der Waals surface area (Å²) in [7, 11) is 0. The van der Waals surface area contributed by atoms with Crippen molar-refractivity contribution in [3.05, 3.63) is 5.89 Å². The molecule has 1 aliphatic rings. The largest absolute Gasteiger partial charge is 0.408 e. The molecule has 1 aromatic heterocycles. The predicted octanol–water partition coefficient (Wildman–Crippen LogP) is 0.812. The predicted molar refractivity (Wildman–Crippen MR) is 56.2 cm³/mol. The van der Waals surface area contributed by atoms with Crippen molar-refractivity contribution in [3.63, 3.8) is 0 Å². The lowest BCUT2D eigenvalue weighted by Gasteiger charge is -2.28. The monoisotopic (exact) mass is 231 g/mol. The van der Waals surface area contributed by atoms with E-state index in [4.69, 9.17) is 16.0 Å². The summed E-state index contributed by atoms with van der Waals surface area (Å²) >= 11 is 5.57. The van der Waals surface area contributed by atoms with Crippen molar-refractivity contribution in [1.29, 1.82) is 0 Å². The Morgan fingerprint density at radius 1 is 1.53 bits per heavy atom. The van der Waals surface area contributed by atoms with Crippen LogP contribution >= 0.6 is 11.6 Å². The smallest absolute Gasteiger partial charge is 0.318 e. The van der Waals surface area contributed by atoms with Gasteiger partial charge in [-0.3, -0.25) is 0 Å². The van der Waals surface area contributed by atoms with Crippen LogP contribution in [0, 0.1) is 0 Å². The summed E-state index contributed by atoms with van der Waals surface area (Å²) in [5.41, 5.74) is 0. The van der Waals surface area contributed by atoms with Crippen LogP contribution in [0.25, 0.3) is 0 Å². The van der Waals surface area contributed by atoms with E-state index in [0.717, 1.165) is 19.4 Å². The molecule has 1 atom stereocenters. The van der Waals surface area contributed by atoms with Gasteiger partial charge in [0.25, 0.3) is 0 Å². The van der Waals surface area contributed by atoms with Crippen molar-refractivity contribution in [3.8, 4) is 0 Å². The number of aliphatic hydroxyl groups excluding tert-OH is 1. The number of alkyl halides is 1. The molecule has 0 radical (unpaired) electrons. The molecule has 0 aromatic carbocycles. The number of nitrogens with zero attached hydrogens (tertiary/aromatic N) is 3. The zero-order valence-electron chi connectivity index (χ0n) is 8.40. The highest BCUT2D eigenvalue weighted by Crippen LogP contribution is 2.18. The van der Waals surface area contributed by atoms with Crippen LogP contribution in [0.4, 0.5) is 6.01 Å². The fourth-order valence-electron chi connectivity index (χ4n) is 1.68. The molecule has 84 valence electrons. The molecule has 1 saturated heterocycles. The third kappa shape index (κ3) is 2.60. The first-order valence-corrected chi connectivity index (χ1v) is 5.64. The lowest BCUT2D eigenvalue weighted by Crippen LogP contribution is -2.38. The van der Waals surface area contributed by atoms with E-state index in [2.05, 4.69) is 10.2 Å². The number of piperidine rings is 1. The molecule has 2 rings (SSSR count). The van der Waals surface area contributed by atoms with Crippen LogP contribution in [0.2, 0.25) is 0 Å². The Bertz CT molecular complexity index is 318. The standard InChI is InChI=1S/C9H14ClN3O2/c10-4-3-8-11-12-9(15-8)13-5-1-2-7(14)6-13/h7,14H,1-6H2. The van der Waals surface area contributed by atoms with Crippen LogP contribution in [0.15, 0.2) is 4.42 Å². The molecule has 5 nitrogen and oxygen atoms in total. The summed E-state index contributed by atoms with van der Waals surface area (Å²) in [6, 6.07) is 0.494. The normalized spacial score (nSPS) is 22.0. The van der Waals surface area contributed by atoms with Crippen molar-refractivity contribution in [1.82, 2.24) is 10.2 Å². The van der Waals surface area contributed by atoms with E-state index in [0.29, 0.717) is 30.8 Å². The van der Waals surface area contributed by atoms with Crippen molar-refractivity contribution in [2.24, 2.45) is 0 Å². The summed E-state index contributed by atoms with van der Waals surface area (Å²) in [6.07, 6.45) is 2.10. The van der Waals surface area contributed by atoms with E-state index in [1.54, 1.807) is 0 Å². The quantitative estimate of drug-likeness (QED) is 0.781. The van der Waals surface area contributed by atoms with Gasteiger partial charge in [-0.2, -0.15) is 0 Å². The van der Waals surface area contributed by atoms with Crippen LogP contribution < -0.4 is 4.90 Å². The van der Waals surface area contributed by atoms with Crippen molar-refractivity contribution >= 4 is 17.6 Å². The van der Waals surface area contributed by atoms with E-state index in [1.165, 1.54) is 0 Å². The fourth-order valence-corrected chi connectivity index (χ4v) is 1.84. The number of aliphatic hydroxyl groups is 1. The second kappa shape index (κ2) is 4.81. The highest BCUT2D eigenvalue weighted by Gasteiger charge is 2.21. The number of hydrogen-bond donors (Lipinski definition) is 1. The third-order valence-electron chi connectivity index (χ3n) is 2.43. The van der Waals surface area contributed by atoms with Crippen molar-refractivity contribution in [2.45, 2.75) is 25.4 Å². The molecule has 1 unspecified atom stereocenters. The minimum atomic E-state index is -0.290. The van der Waals surface area contributed by atoms with E-state index in [9.17, 15) is 5.11 Å². The van der Waals surface area contributed by atoms with Crippen LogP contribution in [0.5, 0.6) is 0 Å². The van der Waals surface area contributed by atoms with E-state index in [-0.39, 0.29) is 6.10 Å². The van der Waals surface area contributed by atoms with Gasteiger partial charge in [0.2, 0.25) is 5.89 Å². The molecule has 1 aromatic rings. The SMILES string of the molecule is OC1CCCN(c2nnc(CCCl)o2)C1. The maximum Gasteiger partial charge on any atom is 0.318 e. The average Bonchev–Trinajstić information content (AvgIpc) is 2.67. The van der Waals surface area contributed by atoms with Crippen LogP contribution in [-0.2, 0) is 6.42 Å². The van der Waals surface area contributed by atoms with E-state index in [1.807, 2.05) is 4.90 Å². The molecule has 0 amide bonds. The van der Waals surface area contributed by atoms with Crippen LogP contribution in [0.3, 0.4) is 0 Å². The van der Waals surface area contributed by atoms with E-state index >= 15 is 0 Å². The Labute approximate surface area is 93.0 Å². The van der Waals surface area contributed by atoms with Gasteiger partial charge in [-0.05, 0) is 12.8 Å². The molecule has 0 saturated carbocycles. The summed E-state index contributed by atoms with van der Waals surface area (Å²) in [4.78, 5) is 1.92. The topological polar surface area (TPSA) is 62.4 Å². The number of aromatic nitrogens is 2. The van der Waals surface area contributed by atoms with Gasteiger partial charge < -0.3 is 14.4 Å². The maximum absolute atomic E-state index is 9.50. The number of anilines is 1. The maximum atomic E-state index is 9.50. The summed E-state index contributed by atoms with van der Waals surface area (Å²) in [5.74, 6) is 1.03. The molecule has 0 spiro atoms. The molecule has 6 heteroatoms. The third-order valence-corrected chi connectivity index (χ3v) is 2.62. The van der Waals surface area contributed by atoms with Crippen molar-refractivity contribution in [2.75, 3.05) is 23.9 Å². The first-order valence-electron chi connectivity index (χ1n) is 5.11. The van der Waals surface area contributed by atoms with Gasteiger partial charge in [0.05, 0.1) is 6.10 Å². The molecular formula is C9H14ClN3O2. The molecule has 0 bridgehead atoms. The number of halogens is 1. The van der Waals surface area contributed by atoms with Gasteiger partial charge in [0.1, 0.15) is 0 Å². The first kappa shape index (κ1) is 10.7. The zero-order valence-corrected chi connectivity index (χ0v) is 9.15. The second-order valence-corrected chi connectivity index (χ2v) is 4.04. The number of aryl methyl sites for hydroxylation is 1. The Kier molecular flexibility index (Phi) is 3.43. The van der Waals surface area contributed by atoms with Gasteiger partial charge in [0, 0.05) is 25.4 Å². The average molecular weight is 232 g/mol. The van der Waals surface area contributed by atoms with Gasteiger partial charge in [0.15, 0.2) is 0 Å².